The van der Waals surface area contributed by atoms with Crippen LogP contribution in [0.15, 0.2) is 59.5 Å². The first-order valence-electron chi connectivity index (χ1n) is 8.83. The van der Waals surface area contributed by atoms with Crippen molar-refractivity contribution in [3.63, 3.8) is 0 Å². The quantitative estimate of drug-likeness (QED) is 0.563. The predicted octanol–water partition coefficient (Wildman–Crippen LogP) is 3.34. The van der Waals surface area contributed by atoms with E-state index >= 15 is 0 Å². The number of nitrogens with one attached hydrogen (secondary N) is 1. The van der Waals surface area contributed by atoms with Gasteiger partial charge in [0.05, 0.1) is 4.91 Å². The van der Waals surface area contributed by atoms with Gasteiger partial charge in [-0.15, -0.1) is 0 Å². The van der Waals surface area contributed by atoms with Crippen molar-refractivity contribution >= 4 is 46.2 Å². The van der Waals surface area contributed by atoms with E-state index in [1.807, 2.05) is 30.3 Å². The lowest BCUT2D eigenvalue weighted by atomic mass is 10.1. The Morgan fingerprint density at radius 2 is 1.89 bits per heavy atom. The molecule has 2 amide bonds. The van der Waals surface area contributed by atoms with Crippen molar-refractivity contribution in [2.75, 3.05) is 6.54 Å². The molecule has 7 heteroatoms. The Labute approximate surface area is 173 Å². The first-order valence-corrected chi connectivity index (χ1v) is 10.1. The largest absolute Gasteiger partial charge is 0.508 e. The van der Waals surface area contributed by atoms with Gasteiger partial charge >= 0.3 is 0 Å². The fourth-order valence-corrected chi connectivity index (χ4v) is 4.19. The van der Waals surface area contributed by atoms with E-state index in [1.54, 1.807) is 37.3 Å². The zero-order chi connectivity index (χ0) is 20.1. The van der Waals surface area contributed by atoms with Gasteiger partial charge in [0.1, 0.15) is 16.1 Å². The highest BCUT2D eigenvalue weighted by Crippen LogP contribution is 2.33. The van der Waals surface area contributed by atoms with Crippen LogP contribution in [0.25, 0.3) is 6.08 Å². The molecule has 1 aliphatic heterocycles. The molecular weight excluding hydrogens is 392 g/mol. The van der Waals surface area contributed by atoms with Crippen molar-refractivity contribution < 1.29 is 14.7 Å². The molecule has 0 unspecified atom stereocenters. The van der Waals surface area contributed by atoms with E-state index in [2.05, 4.69) is 5.32 Å². The first-order chi connectivity index (χ1) is 13.5. The fraction of sp³-hybridized carbons (Fsp3) is 0.190. The van der Waals surface area contributed by atoms with Gasteiger partial charge < -0.3 is 10.4 Å². The van der Waals surface area contributed by atoms with Crippen LogP contribution in [0.4, 0.5) is 0 Å². The number of amides is 2. The van der Waals surface area contributed by atoms with E-state index in [4.69, 9.17) is 12.2 Å². The molecule has 2 aromatic carbocycles. The average Bonchev–Trinajstić information content (AvgIpc) is 2.96. The highest BCUT2D eigenvalue weighted by Gasteiger charge is 2.38. The van der Waals surface area contributed by atoms with Crippen molar-refractivity contribution in [2.24, 2.45) is 0 Å². The second-order valence-electron chi connectivity index (χ2n) is 6.35. The molecule has 28 heavy (non-hydrogen) atoms. The topological polar surface area (TPSA) is 69.6 Å². The Hall–Kier alpha value is -2.64. The van der Waals surface area contributed by atoms with Crippen molar-refractivity contribution in [1.82, 2.24) is 10.2 Å². The molecule has 2 N–H and O–H groups in total. The molecule has 1 aliphatic rings. The van der Waals surface area contributed by atoms with E-state index in [9.17, 15) is 14.7 Å². The molecule has 0 saturated carbocycles. The van der Waals surface area contributed by atoms with Crippen LogP contribution in [0.3, 0.4) is 0 Å². The minimum Gasteiger partial charge on any atom is -0.508 e. The number of hydrogen-bond acceptors (Lipinski definition) is 5. The molecule has 0 radical (unpaired) electrons. The second kappa shape index (κ2) is 9.03. The van der Waals surface area contributed by atoms with Gasteiger partial charge in [-0.1, -0.05) is 66.4 Å². The number of phenolic OH excluding ortho intramolecular Hbond substituents is 1. The lowest BCUT2D eigenvalue weighted by molar-refractivity contribution is -0.132. The van der Waals surface area contributed by atoms with Crippen LogP contribution in [-0.2, 0) is 16.0 Å². The molecule has 0 aliphatic carbocycles. The van der Waals surface area contributed by atoms with E-state index < -0.39 is 6.04 Å². The van der Waals surface area contributed by atoms with E-state index in [-0.39, 0.29) is 17.6 Å². The number of thioether (sulfide) groups is 1. The smallest absolute Gasteiger partial charge is 0.266 e. The molecular formula is C21H20N2O3S2. The summed E-state index contributed by atoms with van der Waals surface area (Å²) in [6.45, 7) is 2.11. The number of hydrogen-bond donors (Lipinski definition) is 2. The number of carbonyl (C=O) groups is 2. The highest BCUT2D eigenvalue weighted by atomic mass is 32.2. The minimum atomic E-state index is -0.686. The average molecular weight is 413 g/mol. The molecule has 5 nitrogen and oxygen atoms in total. The number of phenols is 1. The number of rotatable bonds is 6. The Morgan fingerprint density at radius 1 is 1.21 bits per heavy atom. The molecule has 0 bridgehead atoms. The van der Waals surface area contributed by atoms with Crippen LogP contribution >= 0.6 is 24.0 Å². The summed E-state index contributed by atoms with van der Waals surface area (Å²) in [5.41, 5.74) is 1.91. The Morgan fingerprint density at radius 3 is 2.57 bits per heavy atom. The van der Waals surface area contributed by atoms with Gasteiger partial charge in [-0.2, -0.15) is 0 Å². The third-order valence-corrected chi connectivity index (χ3v) is 5.67. The van der Waals surface area contributed by atoms with Crippen LogP contribution in [0.2, 0.25) is 0 Å². The summed E-state index contributed by atoms with van der Waals surface area (Å²) in [7, 11) is 0. The van der Waals surface area contributed by atoms with Gasteiger partial charge in [-0.05, 0) is 42.7 Å². The minimum absolute atomic E-state index is 0.208. The molecule has 0 aromatic heterocycles. The van der Waals surface area contributed by atoms with Crippen molar-refractivity contribution in [1.29, 1.82) is 0 Å². The number of benzene rings is 2. The lowest BCUT2D eigenvalue weighted by Gasteiger charge is -2.22. The van der Waals surface area contributed by atoms with Crippen molar-refractivity contribution in [2.45, 2.75) is 19.4 Å². The molecule has 144 valence electrons. The van der Waals surface area contributed by atoms with Gasteiger partial charge in [-0.25, -0.2) is 0 Å². The highest BCUT2D eigenvalue weighted by molar-refractivity contribution is 8.26. The summed E-state index contributed by atoms with van der Waals surface area (Å²) in [5.74, 6) is -0.296. The van der Waals surface area contributed by atoms with Gasteiger partial charge in [0.15, 0.2) is 0 Å². The predicted molar refractivity (Wildman–Crippen MR) is 116 cm³/mol. The van der Waals surface area contributed by atoms with Gasteiger partial charge in [0.25, 0.3) is 5.91 Å². The third-order valence-electron chi connectivity index (χ3n) is 4.34. The molecule has 1 heterocycles. The third kappa shape index (κ3) is 4.79. The number of nitrogens with zero attached hydrogens (tertiary/aromatic N) is 1. The summed E-state index contributed by atoms with van der Waals surface area (Å²) in [6, 6.07) is 15.7. The number of aromatic hydroxyl groups is 1. The van der Waals surface area contributed by atoms with Crippen LogP contribution in [0.1, 0.15) is 18.1 Å². The Balaban J connectivity index is 1.59. The molecule has 1 atom stereocenters. The lowest BCUT2D eigenvalue weighted by Crippen LogP contribution is -2.47. The Kier molecular flexibility index (Phi) is 6.49. The molecule has 1 saturated heterocycles. The van der Waals surface area contributed by atoms with E-state index in [0.29, 0.717) is 22.2 Å². The maximum absolute atomic E-state index is 12.7. The van der Waals surface area contributed by atoms with E-state index in [0.717, 1.165) is 11.1 Å². The summed E-state index contributed by atoms with van der Waals surface area (Å²) >= 11 is 6.54. The van der Waals surface area contributed by atoms with Gasteiger partial charge in [0, 0.05) is 6.54 Å². The monoisotopic (exact) mass is 412 g/mol. The molecule has 0 spiro atoms. The van der Waals surface area contributed by atoms with Crippen LogP contribution in [0, 0.1) is 0 Å². The maximum atomic E-state index is 12.7. The SMILES string of the molecule is C[C@@H](C(=O)NCCc1ccc(O)cc1)N1C(=O)/C(=C/c2ccccc2)SC1=S. The molecule has 1 fully saturated rings. The summed E-state index contributed by atoms with van der Waals surface area (Å²) < 4.78 is 0.383. The normalized spacial score (nSPS) is 16.5. The summed E-state index contributed by atoms with van der Waals surface area (Å²) in [4.78, 5) is 27.1. The first kappa shape index (κ1) is 20.1. The van der Waals surface area contributed by atoms with Crippen molar-refractivity contribution in [3.05, 3.63) is 70.6 Å². The molecule has 3 rings (SSSR count). The zero-order valence-electron chi connectivity index (χ0n) is 15.3. The molecule has 2 aromatic rings. The summed E-state index contributed by atoms with van der Waals surface area (Å²) in [5, 5.41) is 12.1. The number of thiocarbonyl (C=S) groups is 1. The Bertz CT molecular complexity index is 911. The standard InChI is InChI=1S/C21H20N2O3S2/c1-14(19(25)22-12-11-15-7-9-17(24)10-8-15)23-20(26)18(28-21(23)27)13-16-5-3-2-4-6-16/h2-10,13-14,24H,11-12H2,1H3,(H,22,25)/b18-13-/t14-/m0/s1. The van der Waals surface area contributed by atoms with Gasteiger partial charge in [-0.3, -0.25) is 14.5 Å². The van der Waals surface area contributed by atoms with Crippen molar-refractivity contribution in [3.8, 4) is 5.75 Å². The summed E-state index contributed by atoms with van der Waals surface area (Å²) in [6.07, 6.45) is 2.42. The van der Waals surface area contributed by atoms with Crippen LogP contribution < -0.4 is 5.32 Å². The van der Waals surface area contributed by atoms with Crippen LogP contribution in [-0.4, -0.2) is 38.7 Å². The number of carbonyl (C=O) groups excluding carboxylic acids is 2. The van der Waals surface area contributed by atoms with E-state index in [1.165, 1.54) is 16.7 Å². The fourth-order valence-electron chi connectivity index (χ4n) is 2.77. The second-order valence-corrected chi connectivity index (χ2v) is 8.02. The maximum Gasteiger partial charge on any atom is 0.266 e. The zero-order valence-corrected chi connectivity index (χ0v) is 16.9. The van der Waals surface area contributed by atoms with Crippen LogP contribution in [0.5, 0.6) is 5.75 Å². The van der Waals surface area contributed by atoms with Gasteiger partial charge in [0.2, 0.25) is 5.91 Å².